The lowest BCUT2D eigenvalue weighted by atomic mass is 9.50. The number of alkyl halides is 3. The number of anilines is 1. The molecule has 7 heteroatoms. The Kier molecular flexibility index (Phi) is 4.02. The first-order valence-corrected chi connectivity index (χ1v) is 8.52. The number of carbonyl (C=O) groups excluding carboxylic acids is 1. The Morgan fingerprint density at radius 1 is 1.30 bits per heavy atom. The molecule has 2 bridgehead atoms. The average Bonchev–Trinajstić information content (AvgIpc) is 2.37. The molecule has 4 rings (SSSR count). The van der Waals surface area contributed by atoms with Crippen LogP contribution in [0.3, 0.4) is 0 Å². The van der Waals surface area contributed by atoms with Gasteiger partial charge in [0.05, 0.1) is 16.8 Å². The summed E-state index contributed by atoms with van der Waals surface area (Å²) in [4.78, 5) is 12.5. The fourth-order valence-corrected chi connectivity index (χ4v) is 3.66. The minimum atomic E-state index is -4.46. The lowest BCUT2D eigenvalue weighted by molar-refractivity contribution is -0.137. The highest BCUT2D eigenvalue weighted by molar-refractivity contribution is 8.01. The first-order valence-electron chi connectivity index (χ1n) is 7.64. The smallest absolute Gasteiger partial charge is 0.347 e. The molecule has 1 amide bonds. The van der Waals surface area contributed by atoms with Gasteiger partial charge in [0.1, 0.15) is 0 Å². The Morgan fingerprint density at radius 3 is 2.43 bits per heavy atom. The van der Waals surface area contributed by atoms with Gasteiger partial charge in [-0.2, -0.15) is 13.2 Å². The maximum Gasteiger partial charge on any atom is 0.416 e. The van der Waals surface area contributed by atoms with Crippen LogP contribution in [0.2, 0.25) is 0 Å². The van der Waals surface area contributed by atoms with E-state index in [0.29, 0.717) is 11.6 Å². The third-order valence-corrected chi connectivity index (χ3v) is 5.22. The number of hydrogen-bond acceptors (Lipinski definition) is 3. The Morgan fingerprint density at radius 2 is 1.96 bits per heavy atom. The molecule has 3 aliphatic carbocycles. The predicted octanol–water partition coefficient (Wildman–Crippen LogP) is 4.46. The molecule has 0 atom stereocenters. The highest BCUT2D eigenvalue weighted by Gasteiger charge is 2.57. The quantitative estimate of drug-likeness (QED) is 0.775. The first-order chi connectivity index (χ1) is 10.7. The van der Waals surface area contributed by atoms with E-state index in [2.05, 4.69) is 10.0 Å². The van der Waals surface area contributed by atoms with Crippen LogP contribution in [-0.2, 0) is 6.18 Å². The van der Waals surface area contributed by atoms with E-state index >= 15 is 0 Å². The Balaban J connectivity index is 1.84. The molecule has 0 heterocycles. The van der Waals surface area contributed by atoms with E-state index in [1.165, 1.54) is 18.0 Å². The molecule has 3 aliphatic rings. The summed E-state index contributed by atoms with van der Waals surface area (Å²) in [7, 11) is 0. The van der Waals surface area contributed by atoms with Gasteiger partial charge in [-0.1, -0.05) is 13.8 Å². The van der Waals surface area contributed by atoms with Gasteiger partial charge in [0, 0.05) is 10.8 Å². The molecule has 0 saturated heterocycles. The molecular weight excluding hydrogens is 325 g/mol. The molecule has 2 N–H and O–H groups in total. The topological polar surface area (TPSA) is 41.1 Å². The van der Waals surface area contributed by atoms with Crippen molar-refractivity contribution in [3.8, 4) is 0 Å². The molecule has 0 spiro atoms. The highest BCUT2D eigenvalue weighted by atomic mass is 32.2. The molecule has 0 radical (unpaired) electrons. The molecule has 23 heavy (non-hydrogen) atoms. The summed E-state index contributed by atoms with van der Waals surface area (Å²) in [6.45, 7) is 3.92. The standard InChI is InChI=1S/C16H19F3N2OS/c1-9(2)23-21-13-4-3-11(16(17,18)19)5-12(13)14(22)20-15-6-10(7-15)8-15/h3-5,9-10,21H,6-8H2,1-2H3,(H,20,22). The van der Waals surface area contributed by atoms with Crippen LogP contribution in [0.5, 0.6) is 0 Å². The van der Waals surface area contributed by atoms with E-state index in [-0.39, 0.29) is 16.4 Å². The number of nitrogens with one attached hydrogen (secondary N) is 2. The molecule has 0 aromatic heterocycles. The van der Waals surface area contributed by atoms with Crippen molar-refractivity contribution >= 4 is 23.5 Å². The predicted molar refractivity (Wildman–Crippen MR) is 85.3 cm³/mol. The number of halogens is 3. The van der Waals surface area contributed by atoms with E-state index < -0.39 is 17.6 Å². The number of carbonyl (C=O) groups is 1. The van der Waals surface area contributed by atoms with Crippen LogP contribution in [0.25, 0.3) is 0 Å². The summed E-state index contributed by atoms with van der Waals surface area (Å²) in [5, 5.41) is 3.17. The van der Waals surface area contributed by atoms with E-state index in [9.17, 15) is 18.0 Å². The summed E-state index contributed by atoms with van der Waals surface area (Å²) in [6.07, 6.45) is -1.63. The lowest BCUT2D eigenvalue weighted by Crippen LogP contribution is -2.68. The summed E-state index contributed by atoms with van der Waals surface area (Å²) >= 11 is 1.37. The monoisotopic (exact) mass is 344 g/mol. The molecule has 0 unspecified atom stereocenters. The molecule has 3 saturated carbocycles. The molecule has 0 aliphatic heterocycles. The second-order valence-electron chi connectivity index (χ2n) is 6.74. The maximum absolute atomic E-state index is 12.9. The highest BCUT2D eigenvalue weighted by Crippen LogP contribution is 2.57. The molecular formula is C16H19F3N2OS. The zero-order valence-electron chi connectivity index (χ0n) is 13.0. The third-order valence-electron chi connectivity index (χ3n) is 4.41. The van der Waals surface area contributed by atoms with Crippen molar-refractivity contribution in [1.29, 1.82) is 0 Å². The zero-order valence-corrected chi connectivity index (χ0v) is 13.8. The van der Waals surface area contributed by atoms with Crippen LogP contribution in [0, 0.1) is 5.92 Å². The van der Waals surface area contributed by atoms with Gasteiger partial charge in [0.2, 0.25) is 0 Å². The van der Waals surface area contributed by atoms with Gasteiger partial charge >= 0.3 is 6.18 Å². The van der Waals surface area contributed by atoms with Crippen LogP contribution in [0.4, 0.5) is 18.9 Å². The number of benzene rings is 1. The van der Waals surface area contributed by atoms with E-state index in [4.69, 9.17) is 0 Å². The fourth-order valence-electron chi connectivity index (χ4n) is 3.12. The largest absolute Gasteiger partial charge is 0.416 e. The van der Waals surface area contributed by atoms with Crippen molar-refractivity contribution in [2.24, 2.45) is 5.92 Å². The van der Waals surface area contributed by atoms with Gasteiger partial charge in [-0.15, -0.1) is 0 Å². The van der Waals surface area contributed by atoms with Crippen molar-refractivity contribution < 1.29 is 18.0 Å². The Labute approximate surface area is 137 Å². The van der Waals surface area contributed by atoms with Crippen LogP contribution >= 0.6 is 11.9 Å². The fraction of sp³-hybridized carbons (Fsp3) is 0.562. The van der Waals surface area contributed by atoms with Crippen molar-refractivity contribution in [2.45, 2.75) is 50.1 Å². The van der Waals surface area contributed by atoms with Crippen LogP contribution < -0.4 is 10.0 Å². The minimum Gasteiger partial charge on any atom is -0.347 e. The molecule has 126 valence electrons. The third kappa shape index (κ3) is 3.29. The number of hydrogen-bond donors (Lipinski definition) is 2. The van der Waals surface area contributed by atoms with Crippen molar-refractivity contribution in [3.05, 3.63) is 29.3 Å². The van der Waals surface area contributed by atoms with Crippen LogP contribution in [0.15, 0.2) is 18.2 Å². The number of rotatable bonds is 5. The second kappa shape index (κ2) is 5.61. The number of amides is 1. The van der Waals surface area contributed by atoms with Gasteiger partial charge in [-0.05, 0) is 55.3 Å². The molecule has 3 fully saturated rings. The summed E-state index contributed by atoms with van der Waals surface area (Å²) in [6, 6.07) is 3.26. The molecule has 1 aromatic carbocycles. The summed E-state index contributed by atoms with van der Waals surface area (Å²) in [5.41, 5.74) is -0.503. The van der Waals surface area contributed by atoms with Crippen molar-refractivity contribution in [2.75, 3.05) is 4.72 Å². The van der Waals surface area contributed by atoms with Crippen LogP contribution in [-0.4, -0.2) is 16.7 Å². The average molecular weight is 344 g/mol. The molecule has 1 aromatic rings. The van der Waals surface area contributed by atoms with E-state index in [0.717, 1.165) is 31.4 Å². The summed E-state index contributed by atoms with van der Waals surface area (Å²) in [5.74, 6) is 0.256. The maximum atomic E-state index is 12.9. The van der Waals surface area contributed by atoms with Gasteiger partial charge in [0.15, 0.2) is 0 Å². The SMILES string of the molecule is CC(C)SNc1ccc(C(F)(F)F)cc1C(=O)NC12CC(C1)C2. The van der Waals surface area contributed by atoms with Gasteiger partial charge in [0.25, 0.3) is 5.91 Å². The van der Waals surface area contributed by atoms with E-state index in [1.54, 1.807) is 0 Å². The Bertz CT molecular complexity index is 613. The molecule has 3 nitrogen and oxygen atoms in total. The van der Waals surface area contributed by atoms with Crippen molar-refractivity contribution in [3.63, 3.8) is 0 Å². The first kappa shape index (κ1) is 16.5. The minimum absolute atomic E-state index is 0.0534. The van der Waals surface area contributed by atoms with Crippen LogP contribution in [0.1, 0.15) is 49.0 Å². The lowest BCUT2D eigenvalue weighted by Gasteiger charge is -2.61. The van der Waals surface area contributed by atoms with Gasteiger partial charge in [-0.25, -0.2) is 0 Å². The van der Waals surface area contributed by atoms with Gasteiger partial charge < -0.3 is 10.0 Å². The summed E-state index contributed by atoms with van der Waals surface area (Å²) < 4.78 is 41.8. The van der Waals surface area contributed by atoms with Gasteiger partial charge in [-0.3, -0.25) is 4.79 Å². The Hall–Kier alpha value is -1.37. The van der Waals surface area contributed by atoms with Crippen molar-refractivity contribution in [1.82, 2.24) is 5.32 Å². The van der Waals surface area contributed by atoms with E-state index in [1.807, 2.05) is 13.8 Å². The normalized spacial score (nSPS) is 25.6. The second-order valence-corrected chi connectivity index (χ2v) is 8.12. The zero-order chi connectivity index (χ0) is 16.8.